The molecule has 0 saturated carbocycles. The third-order valence-electron chi connectivity index (χ3n) is 3.65. The second-order valence-corrected chi connectivity index (χ2v) is 4.89. The number of imide groups is 1. The molecule has 3 amide bonds. The molecular formula is C13H14N2O3. The van der Waals surface area contributed by atoms with Crippen LogP contribution in [-0.4, -0.2) is 17.7 Å². The van der Waals surface area contributed by atoms with Crippen molar-refractivity contribution in [1.82, 2.24) is 5.32 Å². The predicted molar refractivity (Wildman–Crippen MR) is 64.2 cm³/mol. The van der Waals surface area contributed by atoms with Crippen LogP contribution in [0.4, 0.5) is 0 Å². The molecule has 0 spiro atoms. The van der Waals surface area contributed by atoms with Crippen molar-refractivity contribution < 1.29 is 14.4 Å². The summed E-state index contributed by atoms with van der Waals surface area (Å²) in [5, 5.41) is 2.20. The summed E-state index contributed by atoms with van der Waals surface area (Å²) >= 11 is 0. The Morgan fingerprint density at radius 1 is 1.11 bits per heavy atom. The van der Waals surface area contributed by atoms with Gasteiger partial charge in [-0.2, -0.15) is 0 Å². The summed E-state index contributed by atoms with van der Waals surface area (Å²) in [5.41, 5.74) is 3.02. The fourth-order valence-electron chi connectivity index (χ4n) is 2.55. The molecule has 0 bridgehead atoms. The van der Waals surface area contributed by atoms with E-state index in [0.717, 1.165) is 0 Å². The van der Waals surface area contributed by atoms with Crippen LogP contribution in [0.15, 0.2) is 30.3 Å². The van der Waals surface area contributed by atoms with Crippen molar-refractivity contribution in [3.63, 3.8) is 0 Å². The first-order valence-corrected chi connectivity index (χ1v) is 5.56. The average molecular weight is 246 g/mol. The van der Waals surface area contributed by atoms with E-state index in [0.29, 0.717) is 5.56 Å². The number of carbonyl (C=O) groups excluding carboxylic acids is 3. The van der Waals surface area contributed by atoms with E-state index in [1.54, 1.807) is 44.2 Å². The highest BCUT2D eigenvalue weighted by molar-refractivity contribution is 6.23. The number of carbonyl (C=O) groups is 3. The van der Waals surface area contributed by atoms with Crippen molar-refractivity contribution in [1.29, 1.82) is 0 Å². The number of nitrogens with one attached hydrogen (secondary N) is 1. The van der Waals surface area contributed by atoms with Gasteiger partial charge in [0.25, 0.3) is 0 Å². The Bertz CT molecular complexity index is 536. The molecule has 1 aromatic rings. The molecule has 18 heavy (non-hydrogen) atoms. The molecule has 3 N–H and O–H groups in total. The Morgan fingerprint density at radius 3 is 2.06 bits per heavy atom. The van der Waals surface area contributed by atoms with E-state index < -0.39 is 28.6 Å². The number of rotatable bonds is 2. The van der Waals surface area contributed by atoms with E-state index in [4.69, 9.17) is 5.73 Å². The van der Waals surface area contributed by atoms with E-state index in [1.807, 2.05) is 0 Å². The van der Waals surface area contributed by atoms with Crippen LogP contribution in [0.2, 0.25) is 0 Å². The summed E-state index contributed by atoms with van der Waals surface area (Å²) in [7, 11) is 0. The quantitative estimate of drug-likeness (QED) is 0.572. The van der Waals surface area contributed by atoms with Crippen LogP contribution in [-0.2, 0) is 19.8 Å². The second-order valence-electron chi connectivity index (χ2n) is 4.89. The van der Waals surface area contributed by atoms with Crippen LogP contribution in [0, 0.1) is 5.41 Å². The van der Waals surface area contributed by atoms with E-state index >= 15 is 0 Å². The Labute approximate surface area is 104 Å². The Kier molecular flexibility index (Phi) is 2.50. The number of hydrogen-bond donors (Lipinski definition) is 2. The molecule has 1 aliphatic heterocycles. The first-order chi connectivity index (χ1) is 8.35. The summed E-state index contributed by atoms with van der Waals surface area (Å²) in [6.45, 7) is 3.09. The normalized spacial score (nSPS) is 25.9. The zero-order valence-corrected chi connectivity index (χ0v) is 10.2. The Hall–Kier alpha value is -2.17. The number of benzene rings is 1. The monoisotopic (exact) mass is 246 g/mol. The molecule has 0 aliphatic carbocycles. The topological polar surface area (TPSA) is 89.3 Å². The van der Waals surface area contributed by atoms with Gasteiger partial charge in [0.05, 0.1) is 5.41 Å². The van der Waals surface area contributed by atoms with Crippen molar-refractivity contribution in [2.45, 2.75) is 19.3 Å². The Balaban J connectivity index is 2.77. The van der Waals surface area contributed by atoms with E-state index in [2.05, 4.69) is 5.32 Å². The lowest BCUT2D eigenvalue weighted by Crippen LogP contribution is -2.54. The standard InChI is InChI=1S/C13H14N2O3/c1-12(2)10(17)15-11(18)13(12,9(14)16)8-6-4-3-5-7-8/h3-7H,1-2H3,(H2,14,16)(H,15,17,18). The summed E-state index contributed by atoms with van der Waals surface area (Å²) in [6, 6.07) is 8.42. The van der Waals surface area contributed by atoms with Crippen LogP contribution in [0.3, 0.4) is 0 Å². The van der Waals surface area contributed by atoms with Gasteiger partial charge in [0, 0.05) is 0 Å². The molecule has 1 heterocycles. The van der Waals surface area contributed by atoms with Gasteiger partial charge in [0.15, 0.2) is 5.41 Å². The second kappa shape index (κ2) is 3.66. The number of amides is 3. The fourth-order valence-corrected chi connectivity index (χ4v) is 2.55. The molecule has 1 aliphatic rings. The lowest BCUT2D eigenvalue weighted by Gasteiger charge is -2.34. The van der Waals surface area contributed by atoms with Crippen molar-refractivity contribution >= 4 is 17.7 Å². The summed E-state index contributed by atoms with van der Waals surface area (Å²) in [6.07, 6.45) is 0. The van der Waals surface area contributed by atoms with Crippen molar-refractivity contribution in [3.8, 4) is 0 Å². The molecule has 94 valence electrons. The van der Waals surface area contributed by atoms with Crippen LogP contribution in [0.25, 0.3) is 0 Å². The van der Waals surface area contributed by atoms with Crippen molar-refractivity contribution in [2.24, 2.45) is 11.1 Å². The number of primary amides is 1. The minimum absolute atomic E-state index is 0.436. The molecule has 0 aromatic heterocycles. The first kappa shape index (κ1) is 12.3. The lowest BCUT2D eigenvalue weighted by atomic mass is 9.62. The van der Waals surface area contributed by atoms with Crippen LogP contribution < -0.4 is 11.1 Å². The highest BCUT2D eigenvalue weighted by Crippen LogP contribution is 2.46. The van der Waals surface area contributed by atoms with Crippen LogP contribution in [0.5, 0.6) is 0 Å². The molecule has 2 rings (SSSR count). The molecule has 0 radical (unpaired) electrons. The molecular weight excluding hydrogens is 232 g/mol. The first-order valence-electron chi connectivity index (χ1n) is 5.56. The molecule has 5 heteroatoms. The highest BCUT2D eigenvalue weighted by atomic mass is 16.2. The molecule has 1 fully saturated rings. The van der Waals surface area contributed by atoms with Gasteiger partial charge in [-0.25, -0.2) is 0 Å². The lowest BCUT2D eigenvalue weighted by molar-refractivity contribution is -0.138. The molecule has 1 aromatic carbocycles. The van der Waals surface area contributed by atoms with Crippen LogP contribution >= 0.6 is 0 Å². The average Bonchev–Trinajstić information content (AvgIpc) is 2.47. The molecule has 1 saturated heterocycles. The number of hydrogen-bond acceptors (Lipinski definition) is 3. The maximum atomic E-state index is 12.1. The summed E-state index contributed by atoms with van der Waals surface area (Å²) < 4.78 is 0. The summed E-state index contributed by atoms with van der Waals surface area (Å²) in [5.74, 6) is -1.96. The zero-order valence-electron chi connectivity index (χ0n) is 10.2. The highest BCUT2D eigenvalue weighted by Gasteiger charge is 2.65. The van der Waals surface area contributed by atoms with Gasteiger partial charge in [0.1, 0.15) is 0 Å². The predicted octanol–water partition coefficient (Wildman–Crippen LogP) is 0.0923. The SMILES string of the molecule is CC1(C)C(=O)NC(=O)C1(C(N)=O)c1ccccc1. The van der Waals surface area contributed by atoms with E-state index in [9.17, 15) is 14.4 Å². The van der Waals surface area contributed by atoms with Gasteiger partial charge in [-0.15, -0.1) is 0 Å². The third-order valence-corrected chi connectivity index (χ3v) is 3.65. The van der Waals surface area contributed by atoms with Gasteiger partial charge in [-0.05, 0) is 19.4 Å². The Morgan fingerprint density at radius 2 is 1.67 bits per heavy atom. The van der Waals surface area contributed by atoms with Crippen LogP contribution in [0.1, 0.15) is 19.4 Å². The fraction of sp³-hybridized carbons (Fsp3) is 0.308. The maximum absolute atomic E-state index is 12.1. The van der Waals surface area contributed by atoms with E-state index in [-0.39, 0.29) is 0 Å². The smallest absolute Gasteiger partial charge is 0.247 e. The minimum atomic E-state index is -1.65. The van der Waals surface area contributed by atoms with E-state index in [1.165, 1.54) is 0 Å². The molecule has 1 unspecified atom stereocenters. The van der Waals surface area contributed by atoms with Crippen molar-refractivity contribution in [2.75, 3.05) is 0 Å². The molecule has 5 nitrogen and oxygen atoms in total. The zero-order chi connectivity index (χ0) is 13.6. The van der Waals surface area contributed by atoms with Gasteiger partial charge >= 0.3 is 0 Å². The maximum Gasteiger partial charge on any atom is 0.247 e. The summed E-state index contributed by atoms with van der Waals surface area (Å²) in [4.78, 5) is 35.9. The largest absolute Gasteiger partial charge is 0.368 e. The van der Waals surface area contributed by atoms with Gasteiger partial charge < -0.3 is 5.73 Å². The van der Waals surface area contributed by atoms with Crippen molar-refractivity contribution in [3.05, 3.63) is 35.9 Å². The van der Waals surface area contributed by atoms with Gasteiger partial charge in [-0.3, -0.25) is 19.7 Å². The van der Waals surface area contributed by atoms with Gasteiger partial charge in [-0.1, -0.05) is 30.3 Å². The molecule has 1 atom stereocenters. The minimum Gasteiger partial charge on any atom is -0.368 e. The third kappa shape index (κ3) is 1.24. The number of nitrogens with two attached hydrogens (primary N) is 1. The van der Waals surface area contributed by atoms with Gasteiger partial charge in [0.2, 0.25) is 17.7 Å².